The molecule has 0 saturated heterocycles. The van der Waals surface area contributed by atoms with Crippen molar-refractivity contribution in [2.45, 2.75) is 49.3 Å². The highest BCUT2D eigenvalue weighted by Gasteiger charge is 2.46. The third kappa shape index (κ3) is 4.57. The van der Waals surface area contributed by atoms with Crippen molar-refractivity contribution in [3.05, 3.63) is 70.8 Å². The molecule has 1 heterocycles. The maximum atomic E-state index is 14.0. The average Bonchev–Trinajstić information content (AvgIpc) is 3.35. The Morgan fingerprint density at radius 1 is 1.16 bits per heavy atom. The third-order valence-electron chi connectivity index (χ3n) is 7.05. The lowest BCUT2D eigenvalue weighted by molar-refractivity contribution is -0.120. The number of carbonyl (C=O) groups is 1. The fourth-order valence-electron chi connectivity index (χ4n) is 5.16. The summed E-state index contributed by atoms with van der Waals surface area (Å²) in [4.78, 5) is 13.8. The molecule has 0 amide bonds. The molecule has 5 rings (SSSR count). The molecule has 0 aromatic heterocycles. The Morgan fingerprint density at radius 3 is 2.57 bits per heavy atom. The number of fused-ring (bicyclic) bond motifs is 2. The van der Waals surface area contributed by atoms with Gasteiger partial charge in [0.1, 0.15) is 16.2 Å². The van der Waals surface area contributed by atoms with E-state index in [1.807, 2.05) is 19.1 Å². The number of carbonyl (C=O) groups excluding carboxylic acids is 1. The van der Waals surface area contributed by atoms with Crippen molar-refractivity contribution < 1.29 is 26.7 Å². The number of ketones is 1. The molecule has 1 unspecified atom stereocenters. The Hall–Kier alpha value is -3.44. The molecule has 1 atom stereocenters. The number of nitrogens with zero attached hydrogens (tertiary/aromatic N) is 1. The Kier molecular flexibility index (Phi) is 6.03. The smallest absolute Gasteiger partial charge is 0.286 e. The Morgan fingerprint density at radius 2 is 1.86 bits per heavy atom. The Balaban J connectivity index is 1.60. The van der Waals surface area contributed by atoms with Gasteiger partial charge in [-0.2, -0.15) is 8.42 Å². The van der Waals surface area contributed by atoms with Gasteiger partial charge < -0.3 is 10.4 Å². The minimum absolute atomic E-state index is 0.0579. The number of amidine groups is 1. The summed E-state index contributed by atoms with van der Waals surface area (Å²) in [6.45, 7) is 1.81. The molecule has 2 aromatic rings. The van der Waals surface area contributed by atoms with Crippen LogP contribution in [0.15, 0.2) is 69.0 Å². The van der Waals surface area contributed by atoms with Crippen molar-refractivity contribution in [1.82, 2.24) is 0 Å². The second-order valence-corrected chi connectivity index (χ2v) is 13.2. The number of hydrogen-bond acceptors (Lipinski definition) is 7. The number of aliphatic hydroxyl groups is 1. The topological polar surface area (TPSA) is 142 Å². The molecule has 9 nitrogen and oxygen atoms in total. The van der Waals surface area contributed by atoms with Gasteiger partial charge in [-0.05, 0) is 62.8 Å². The van der Waals surface area contributed by atoms with Crippen molar-refractivity contribution in [3.8, 4) is 0 Å². The van der Waals surface area contributed by atoms with E-state index in [1.165, 1.54) is 17.7 Å². The van der Waals surface area contributed by atoms with Crippen LogP contribution in [0.3, 0.4) is 0 Å². The van der Waals surface area contributed by atoms with Crippen LogP contribution >= 0.6 is 0 Å². The maximum Gasteiger partial charge on any atom is 0.286 e. The van der Waals surface area contributed by atoms with Crippen LogP contribution in [0, 0.1) is 0 Å². The third-order valence-corrected chi connectivity index (χ3v) is 8.97. The maximum absolute atomic E-state index is 14.0. The lowest BCUT2D eigenvalue weighted by Crippen LogP contribution is -2.42. The minimum atomic E-state index is -4.32. The first-order valence-electron chi connectivity index (χ1n) is 11.9. The molecule has 37 heavy (non-hydrogen) atoms. The number of nitrogens with one attached hydrogen (secondary N) is 2. The summed E-state index contributed by atoms with van der Waals surface area (Å²) in [5.41, 5.74) is 1.37. The van der Waals surface area contributed by atoms with E-state index in [1.54, 1.807) is 12.1 Å². The zero-order chi connectivity index (χ0) is 26.6. The summed E-state index contributed by atoms with van der Waals surface area (Å²) < 4.78 is 55.5. The fraction of sp³-hybridized carbons (Fsp3) is 0.308. The summed E-state index contributed by atoms with van der Waals surface area (Å²) in [6.07, 6.45) is 7.71. The zero-order valence-corrected chi connectivity index (χ0v) is 22.0. The Bertz CT molecular complexity index is 1630. The number of rotatable bonds is 5. The van der Waals surface area contributed by atoms with Gasteiger partial charge in [-0.15, -0.1) is 4.40 Å². The van der Waals surface area contributed by atoms with Gasteiger partial charge in [0.05, 0.1) is 17.4 Å². The molecule has 0 bridgehead atoms. The average molecular weight is 542 g/mol. The van der Waals surface area contributed by atoms with Crippen LogP contribution in [0.5, 0.6) is 0 Å². The first-order chi connectivity index (χ1) is 17.4. The Labute approximate surface area is 216 Å². The number of Topliss-reactive ketones (excluding diaryl/α,β-unsaturated/α-hetero) is 1. The van der Waals surface area contributed by atoms with Crippen LogP contribution in [0.1, 0.15) is 50.2 Å². The lowest BCUT2D eigenvalue weighted by atomic mass is 9.67. The van der Waals surface area contributed by atoms with E-state index >= 15 is 0 Å². The van der Waals surface area contributed by atoms with Gasteiger partial charge in [0.15, 0.2) is 11.6 Å². The highest BCUT2D eigenvalue weighted by atomic mass is 32.2. The molecular formula is C26H27N3O6S2. The van der Waals surface area contributed by atoms with Crippen molar-refractivity contribution in [2.24, 2.45) is 4.40 Å². The molecule has 0 spiro atoms. The van der Waals surface area contributed by atoms with E-state index in [-0.39, 0.29) is 33.4 Å². The number of hydrogen-bond donors (Lipinski definition) is 3. The van der Waals surface area contributed by atoms with Crippen LogP contribution in [0.2, 0.25) is 0 Å². The highest BCUT2D eigenvalue weighted by Crippen LogP contribution is 2.44. The predicted molar refractivity (Wildman–Crippen MR) is 143 cm³/mol. The molecule has 0 radical (unpaired) electrons. The van der Waals surface area contributed by atoms with E-state index in [0.29, 0.717) is 17.5 Å². The molecule has 1 saturated carbocycles. The first kappa shape index (κ1) is 25.2. The second-order valence-electron chi connectivity index (χ2n) is 9.83. The lowest BCUT2D eigenvalue weighted by Gasteiger charge is -2.35. The van der Waals surface area contributed by atoms with Crippen LogP contribution in [-0.4, -0.2) is 39.8 Å². The molecule has 2 aliphatic carbocycles. The van der Waals surface area contributed by atoms with Crippen LogP contribution < -0.4 is 10.0 Å². The second kappa shape index (κ2) is 8.84. The van der Waals surface area contributed by atoms with E-state index in [4.69, 9.17) is 0 Å². The first-order valence-corrected chi connectivity index (χ1v) is 15.2. The van der Waals surface area contributed by atoms with Gasteiger partial charge >= 0.3 is 0 Å². The summed E-state index contributed by atoms with van der Waals surface area (Å²) in [7, 11) is -7.95. The van der Waals surface area contributed by atoms with Gasteiger partial charge in [0, 0.05) is 11.3 Å². The molecule has 11 heteroatoms. The molecule has 194 valence electrons. The summed E-state index contributed by atoms with van der Waals surface area (Å²) >= 11 is 0. The van der Waals surface area contributed by atoms with Gasteiger partial charge in [0.2, 0.25) is 10.0 Å². The molecule has 3 N–H and O–H groups in total. The van der Waals surface area contributed by atoms with Crippen LogP contribution in [0.4, 0.5) is 11.4 Å². The largest absolute Gasteiger partial charge is 0.506 e. The van der Waals surface area contributed by atoms with E-state index in [2.05, 4.69) is 20.5 Å². The van der Waals surface area contributed by atoms with Gasteiger partial charge in [-0.1, -0.05) is 35.9 Å². The standard InChI is InChI=1S/C26H27N3O6S2/c1-26(14-13-16-7-3-4-8-16)19-10-6-5-9-18(19)23(30)22(24(26)31)25-27-20-12-11-17(28-36(2,32)33)15-21(20)37(34,35)29-25/h5-6,9-13,15,28,30H,3-4,7-8,14H2,1-2H3,(H,27,29). The normalized spacial score (nSPS) is 22.6. The fourth-order valence-corrected chi connectivity index (χ4v) is 6.86. The number of allylic oxidation sites excluding steroid dienone is 2. The number of anilines is 2. The molecule has 1 fully saturated rings. The predicted octanol–water partition coefficient (Wildman–Crippen LogP) is 4.27. The molecule has 1 aliphatic heterocycles. The summed E-state index contributed by atoms with van der Waals surface area (Å²) in [6, 6.07) is 11.0. The van der Waals surface area contributed by atoms with Crippen molar-refractivity contribution in [2.75, 3.05) is 16.3 Å². The minimum Gasteiger partial charge on any atom is -0.506 e. The van der Waals surface area contributed by atoms with Crippen molar-refractivity contribution in [3.63, 3.8) is 0 Å². The van der Waals surface area contributed by atoms with Crippen LogP contribution in [0.25, 0.3) is 5.76 Å². The monoisotopic (exact) mass is 541 g/mol. The summed E-state index contributed by atoms with van der Waals surface area (Å²) in [5, 5.41) is 14.1. The van der Waals surface area contributed by atoms with Gasteiger partial charge in [-0.3, -0.25) is 9.52 Å². The summed E-state index contributed by atoms with van der Waals surface area (Å²) in [5.74, 6) is -1.04. The number of sulfonamides is 2. The van der Waals surface area contributed by atoms with Gasteiger partial charge in [0.25, 0.3) is 10.0 Å². The molecule has 3 aliphatic rings. The molecular weight excluding hydrogens is 514 g/mol. The van der Waals surface area contributed by atoms with Crippen LogP contribution in [-0.2, 0) is 30.3 Å². The quantitative estimate of drug-likeness (QED) is 0.480. The zero-order valence-electron chi connectivity index (χ0n) is 20.4. The number of benzene rings is 2. The van der Waals surface area contributed by atoms with E-state index in [0.717, 1.165) is 38.0 Å². The van der Waals surface area contributed by atoms with E-state index < -0.39 is 31.2 Å². The highest BCUT2D eigenvalue weighted by molar-refractivity contribution is 7.92. The van der Waals surface area contributed by atoms with Crippen molar-refractivity contribution >= 4 is 48.8 Å². The van der Waals surface area contributed by atoms with E-state index in [9.17, 15) is 26.7 Å². The SMILES string of the molecule is CC1(CC=C2CCCC2)C(=O)C(C2=NS(=O)(=O)c3cc(NS(C)(=O)=O)ccc3N2)=C(O)c2ccccc21. The number of aliphatic hydroxyl groups excluding tert-OH is 1. The molecule has 2 aromatic carbocycles. The van der Waals surface area contributed by atoms with Crippen molar-refractivity contribution in [1.29, 1.82) is 0 Å². The van der Waals surface area contributed by atoms with Gasteiger partial charge in [-0.25, -0.2) is 8.42 Å².